The van der Waals surface area contributed by atoms with Gasteiger partial charge >= 0.3 is 0 Å². The Labute approximate surface area is 373 Å². The van der Waals surface area contributed by atoms with E-state index in [2.05, 4.69) is 242 Å². The minimum absolute atomic E-state index is 0.290. The maximum Gasteiger partial charge on any atom is 0.0726 e. The maximum atomic E-state index is 2.56. The molecule has 3 aliphatic carbocycles. The van der Waals surface area contributed by atoms with Gasteiger partial charge in [0, 0.05) is 22.4 Å². The van der Waals surface area contributed by atoms with E-state index < -0.39 is 5.41 Å². The number of benzene rings is 11. The quantitative estimate of drug-likeness (QED) is 0.160. The predicted octanol–water partition coefficient (Wildman–Crippen LogP) is 16.3. The second-order valence-corrected chi connectivity index (χ2v) is 18.0. The second kappa shape index (κ2) is 13.0. The summed E-state index contributed by atoms with van der Waals surface area (Å²) in [6.45, 7) is 2.40. The number of hydrogen-bond donors (Lipinski definition) is 0. The molecule has 0 radical (unpaired) electrons. The Balaban J connectivity index is 1.08. The van der Waals surface area contributed by atoms with Crippen molar-refractivity contribution in [3.05, 3.63) is 269 Å². The summed E-state index contributed by atoms with van der Waals surface area (Å²) in [6.07, 6.45) is 0. The molecule has 1 nitrogen and oxygen atoms in total. The number of hydrogen-bond acceptors (Lipinski definition) is 1. The van der Waals surface area contributed by atoms with Gasteiger partial charge in [0.15, 0.2) is 0 Å². The lowest BCUT2D eigenvalue weighted by Crippen LogP contribution is -2.26. The summed E-state index contributed by atoms with van der Waals surface area (Å²) in [6, 6.07) is 86.8. The normalized spacial score (nSPS) is 15.8. The van der Waals surface area contributed by atoms with Gasteiger partial charge in [-0.3, -0.25) is 0 Å². The van der Waals surface area contributed by atoms with E-state index in [4.69, 9.17) is 0 Å². The third kappa shape index (κ3) is 4.48. The van der Waals surface area contributed by atoms with Crippen LogP contribution in [0.1, 0.15) is 45.9 Å². The zero-order valence-electron chi connectivity index (χ0n) is 35.4. The summed E-state index contributed by atoms with van der Waals surface area (Å²) in [5.41, 5.74) is 19.8. The van der Waals surface area contributed by atoms with Gasteiger partial charge in [0.1, 0.15) is 0 Å². The first-order valence-electron chi connectivity index (χ1n) is 22.5. The topological polar surface area (TPSA) is 3.24 Å². The van der Waals surface area contributed by atoms with Crippen molar-refractivity contribution in [1.82, 2.24) is 0 Å². The van der Waals surface area contributed by atoms with Gasteiger partial charge in [0.25, 0.3) is 0 Å². The fourth-order valence-electron chi connectivity index (χ4n) is 12.5. The second-order valence-electron chi connectivity index (χ2n) is 18.0. The van der Waals surface area contributed by atoms with Crippen molar-refractivity contribution >= 4 is 49.4 Å². The summed E-state index contributed by atoms with van der Waals surface area (Å²) in [7, 11) is 0. The van der Waals surface area contributed by atoms with Crippen molar-refractivity contribution in [1.29, 1.82) is 0 Å². The first-order chi connectivity index (χ1) is 31.7. The molecule has 0 aromatic heterocycles. The molecule has 0 N–H and O–H groups in total. The van der Waals surface area contributed by atoms with Crippen LogP contribution >= 0.6 is 0 Å². The van der Waals surface area contributed by atoms with E-state index in [-0.39, 0.29) is 5.41 Å². The first kappa shape index (κ1) is 35.6. The molecule has 64 heavy (non-hydrogen) atoms. The molecule has 1 unspecified atom stereocenters. The summed E-state index contributed by atoms with van der Waals surface area (Å²) in [5, 5.41) is 7.62. The monoisotopic (exact) mass is 811 g/mol. The van der Waals surface area contributed by atoms with Crippen molar-refractivity contribution < 1.29 is 0 Å². The fraction of sp³-hybridized carbons (Fsp3) is 0.0476. The van der Waals surface area contributed by atoms with Crippen LogP contribution in [0, 0.1) is 0 Å². The Morgan fingerprint density at radius 1 is 0.297 bits per heavy atom. The Morgan fingerprint density at radius 3 is 1.38 bits per heavy atom. The van der Waals surface area contributed by atoms with Crippen LogP contribution < -0.4 is 4.90 Å². The van der Waals surface area contributed by atoms with Gasteiger partial charge in [-0.2, -0.15) is 0 Å². The van der Waals surface area contributed by atoms with Gasteiger partial charge in [-0.15, -0.1) is 0 Å². The molecule has 14 rings (SSSR count). The standard InChI is InChI=1S/C63H41N/c1-62(40-18-3-2-4-19-40)54-28-13-9-26-50(54)53-39-42(35-37-55(53)62)64(41-34-36-47-45-22-6-5-20-43(45)44-21-7-8-23-46(44)52(47)38-41)60-33-17-32-59-61(60)51-27-12-16-31-58(51)63(59)56-29-14-10-24-48(56)49-25-11-15-30-57(49)63/h2-39H,1H3. The van der Waals surface area contributed by atoms with Gasteiger partial charge in [0.2, 0.25) is 0 Å². The Morgan fingerprint density at radius 2 is 0.734 bits per heavy atom. The summed E-state index contributed by atoms with van der Waals surface area (Å²) in [4.78, 5) is 2.56. The van der Waals surface area contributed by atoms with Crippen LogP contribution in [0.2, 0.25) is 0 Å². The molecule has 11 aromatic carbocycles. The lowest BCUT2D eigenvalue weighted by molar-refractivity contribution is 0.714. The lowest BCUT2D eigenvalue weighted by Gasteiger charge is -2.32. The molecule has 1 spiro atoms. The van der Waals surface area contributed by atoms with Crippen molar-refractivity contribution in [2.75, 3.05) is 4.90 Å². The highest BCUT2D eigenvalue weighted by Gasteiger charge is 2.52. The summed E-state index contributed by atoms with van der Waals surface area (Å²) in [5.74, 6) is 0. The van der Waals surface area contributed by atoms with Crippen LogP contribution in [-0.4, -0.2) is 0 Å². The number of nitrogens with zero attached hydrogens (tertiary/aromatic N) is 1. The highest BCUT2D eigenvalue weighted by Crippen LogP contribution is 2.65. The van der Waals surface area contributed by atoms with Crippen LogP contribution in [-0.2, 0) is 10.8 Å². The molecule has 0 bridgehead atoms. The Hall–Kier alpha value is -8.00. The average Bonchev–Trinajstić information content (AvgIpc) is 3.94. The smallest absolute Gasteiger partial charge is 0.0726 e. The molecule has 0 heterocycles. The van der Waals surface area contributed by atoms with Crippen LogP contribution in [0.4, 0.5) is 17.1 Å². The van der Waals surface area contributed by atoms with E-state index in [1.54, 1.807) is 0 Å². The largest absolute Gasteiger partial charge is 0.310 e. The van der Waals surface area contributed by atoms with Crippen LogP contribution in [0.15, 0.2) is 231 Å². The molecule has 0 saturated heterocycles. The first-order valence-corrected chi connectivity index (χ1v) is 22.5. The Kier molecular flexibility index (Phi) is 7.24. The average molecular weight is 812 g/mol. The van der Waals surface area contributed by atoms with Crippen LogP contribution in [0.3, 0.4) is 0 Å². The van der Waals surface area contributed by atoms with E-state index in [0.717, 1.165) is 11.4 Å². The molecule has 0 aliphatic heterocycles. The van der Waals surface area contributed by atoms with Crippen molar-refractivity contribution in [3.8, 4) is 33.4 Å². The van der Waals surface area contributed by atoms with Crippen molar-refractivity contribution in [3.63, 3.8) is 0 Å². The van der Waals surface area contributed by atoms with Gasteiger partial charge in [-0.05, 0) is 136 Å². The molecule has 11 aromatic rings. The molecule has 1 heteroatoms. The highest BCUT2D eigenvalue weighted by atomic mass is 15.1. The lowest BCUT2D eigenvalue weighted by atomic mass is 9.70. The number of anilines is 3. The highest BCUT2D eigenvalue weighted by molar-refractivity contribution is 6.26. The van der Waals surface area contributed by atoms with Crippen molar-refractivity contribution in [2.45, 2.75) is 17.8 Å². The molecule has 298 valence electrons. The Bertz CT molecular complexity index is 3680. The minimum atomic E-state index is -0.451. The molecular formula is C63H41N. The summed E-state index contributed by atoms with van der Waals surface area (Å²) < 4.78 is 0. The molecule has 0 amide bonds. The van der Waals surface area contributed by atoms with Gasteiger partial charge in [0.05, 0.1) is 11.1 Å². The van der Waals surface area contributed by atoms with Crippen LogP contribution in [0.25, 0.3) is 65.7 Å². The number of fused-ring (bicyclic) bond motifs is 19. The maximum absolute atomic E-state index is 2.56. The zero-order valence-corrected chi connectivity index (χ0v) is 35.4. The van der Waals surface area contributed by atoms with E-state index in [0.29, 0.717) is 0 Å². The van der Waals surface area contributed by atoms with Gasteiger partial charge in [-0.25, -0.2) is 0 Å². The fourth-order valence-corrected chi connectivity index (χ4v) is 12.5. The zero-order chi connectivity index (χ0) is 42.1. The van der Waals surface area contributed by atoms with Crippen LogP contribution in [0.5, 0.6) is 0 Å². The number of rotatable bonds is 4. The molecule has 0 fully saturated rings. The molecule has 0 saturated carbocycles. The molecule has 1 atom stereocenters. The SMILES string of the molecule is CC1(c2ccccc2)c2ccccc2-c2cc(N(c3ccc4c5ccccc5c5ccccc5c4c3)c3cccc4c3-c3ccccc3C43c4ccccc4-c4ccccc43)ccc21. The van der Waals surface area contributed by atoms with E-state index >= 15 is 0 Å². The summed E-state index contributed by atoms with van der Waals surface area (Å²) >= 11 is 0. The van der Waals surface area contributed by atoms with Gasteiger partial charge in [-0.1, -0.05) is 200 Å². The minimum Gasteiger partial charge on any atom is -0.310 e. The van der Waals surface area contributed by atoms with E-state index in [1.165, 1.54) is 110 Å². The van der Waals surface area contributed by atoms with E-state index in [9.17, 15) is 0 Å². The third-order valence-electron chi connectivity index (χ3n) is 15.1. The molecular weight excluding hydrogens is 771 g/mol. The molecule has 3 aliphatic rings. The van der Waals surface area contributed by atoms with Gasteiger partial charge < -0.3 is 4.90 Å². The predicted molar refractivity (Wildman–Crippen MR) is 267 cm³/mol. The van der Waals surface area contributed by atoms with Crippen molar-refractivity contribution in [2.24, 2.45) is 0 Å². The third-order valence-corrected chi connectivity index (χ3v) is 15.1. The van der Waals surface area contributed by atoms with E-state index in [1.807, 2.05) is 0 Å².